The Morgan fingerprint density at radius 3 is 1.94 bits per heavy atom. The van der Waals surface area contributed by atoms with Crippen molar-refractivity contribution in [2.24, 2.45) is 0 Å². The van der Waals surface area contributed by atoms with E-state index in [4.69, 9.17) is 13.3 Å². The summed E-state index contributed by atoms with van der Waals surface area (Å²) in [6.07, 6.45) is 5.01. The van der Waals surface area contributed by atoms with Crippen molar-refractivity contribution in [2.45, 2.75) is 50.7 Å². The number of hydrogen-bond acceptors (Lipinski definition) is 3. The smallest absolute Gasteiger partial charge is 0.377 e. The van der Waals surface area contributed by atoms with Gasteiger partial charge in [0.05, 0.1) is 0 Å². The van der Waals surface area contributed by atoms with Crippen LogP contribution in [0.3, 0.4) is 0 Å². The Morgan fingerprint density at radius 1 is 1.00 bits per heavy atom. The largest absolute Gasteiger partial charge is 0.499 e. The molecule has 0 fully saturated rings. The molecule has 0 aliphatic rings. The van der Waals surface area contributed by atoms with Gasteiger partial charge >= 0.3 is 8.80 Å². The van der Waals surface area contributed by atoms with Crippen LogP contribution in [-0.4, -0.2) is 39.7 Å². The highest BCUT2D eigenvalue weighted by molar-refractivity contribution is 6.73. The van der Waals surface area contributed by atoms with E-state index in [1.807, 2.05) is 0 Å². The molecule has 0 amide bonds. The Balaban J connectivity index is 4.44. The maximum Gasteiger partial charge on any atom is 0.499 e. The molecule has 0 radical (unpaired) electrons. The average Bonchev–Trinajstić information content (AvgIpc) is 2.32. The molecular formula is C11H28O3Si2. The van der Waals surface area contributed by atoms with E-state index in [1.54, 1.807) is 21.3 Å². The molecule has 1 atom stereocenters. The molecule has 0 aromatic carbocycles. The molecule has 0 heterocycles. The molecule has 0 N–H and O–H groups in total. The summed E-state index contributed by atoms with van der Waals surface area (Å²) in [5.74, 6) is 0. The van der Waals surface area contributed by atoms with E-state index in [2.05, 4.69) is 13.8 Å². The third-order valence-electron chi connectivity index (χ3n) is 3.15. The molecule has 0 saturated heterocycles. The van der Waals surface area contributed by atoms with Gasteiger partial charge in [-0.1, -0.05) is 39.2 Å². The van der Waals surface area contributed by atoms with E-state index in [9.17, 15) is 0 Å². The van der Waals surface area contributed by atoms with Crippen LogP contribution in [0.1, 0.15) is 39.5 Å². The molecule has 0 bridgehead atoms. The molecule has 0 aliphatic heterocycles. The first-order valence-electron chi connectivity index (χ1n) is 6.36. The SMILES string of the molecule is CCCC[SiH2]C(CCC)[Si](OC)(OC)OC. The van der Waals surface area contributed by atoms with Crippen LogP contribution in [0.4, 0.5) is 0 Å². The van der Waals surface area contributed by atoms with Crippen LogP contribution in [0.2, 0.25) is 11.2 Å². The summed E-state index contributed by atoms with van der Waals surface area (Å²) >= 11 is 0. The predicted molar refractivity (Wildman–Crippen MR) is 73.7 cm³/mol. The average molecular weight is 265 g/mol. The van der Waals surface area contributed by atoms with Crippen molar-refractivity contribution in [1.82, 2.24) is 0 Å². The fourth-order valence-corrected chi connectivity index (χ4v) is 9.88. The highest BCUT2D eigenvalue weighted by Crippen LogP contribution is 2.29. The second-order valence-electron chi connectivity index (χ2n) is 4.20. The molecule has 0 spiro atoms. The molecule has 1 unspecified atom stereocenters. The van der Waals surface area contributed by atoms with Crippen LogP contribution in [0.25, 0.3) is 0 Å². The highest BCUT2D eigenvalue weighted by atomic mass is 28.4. The lowest BCUT2D eigenvalue weighted by Gasteiger charge is -2.32. The Bertz CT molecular complexity index is 155. The highest BCUT2D eigenvalue weighted by Gasteiger charge is 2.45. The Kier molecular flexibility index (Phi) is 9.54. The second-order valence-corrected chi connectivity index (χ2v) is 10.5. The van der Waals surface area contributed by atoms with Crippen LogP contribution in [-0.2, 0) is 13.3 Å². The Hall–Kier alpha value is 0.314. The molecule has 0 aliphatic carbocycles. The van der Waals surface area contributed by atoms with E-state index < -0.39 is 8.80 Å². The zero-order valence-corrected chi connectivity index (χ0v) is 14.0. The summed E-state index contributed by atoms with van der Waals surface area (Å²) in [6.45, 7) is 4.47. The molecule has 98 valence electrons. The minimum Gasteiger partial charge on any atom is -0.377 e. The van der Waals surface area contributed by atoms with Gasteiger partial charge in [0.1, 0.15) is 0 Å². The lowest BCUT2D eigenvalue weighted by Crippen LogP contribution is -2.49. The van der Waals surface area contributed by atoms with Crippen molar-refractivity contribution in [3.05, 3.63) is 0 Å². The van der Waals surface area contributed by atoms with Crippen LogP contribution in [0.5, 0.6) is 0 Å². The van der Waals surface area contributed by atoms with Crippen LogP contribution in [0, 0.1) is 0 Å². The van der Waals surface area contributed by atoms with E-state index in [-0.39, 0.29) is 9.52 Å². The van der Waals surface area contributed by atoms with Crippen molar-refractivity contribution in [1.29, 1.82) is 0 Å². The summed E-state index contributed by atoms with van der Waals surface area (Å²) in [7, 11) is 2.69. The number of unbranched alkanes of at least 4 members (excludes halogenated alkanes) is 1. The molecular weight excluding hydrogens is 236 g/mol. The van der Waals surface area contributed by atoms with Gasteiger partial charge in [-0.3, -0.25) is 0 Å². The van der Waals surface area contributed by atoms with Crippen molar-refractivity contribution in [2.75, 3.05) is 21.3 Å². The quantitative estimate of drug-likeness (QED) is 0.448. The minimum atomic E-state index is -2.36. The van der Waals surface area contributed by atoms with Crippen LogP contribution >= 0.6 is 0 Å². The topological polar surface area (TPSA) is 27.7 Å². The van der Waals surface area contributed by atoms with E-state index in [0.717, 1.165) is 0 Å². The molecule has 0 saturated carbocycles. The van der Waals surface area contributed by atoms with Gasteiger partial charge in [-0.25, -0.2) is 0 Å². The Labute approximate surface area is 104 Å². The zero-order chi connectivity index (χ0) is 12.4. The summed E-state index contributed by atoms with van der Waals surface area (Å²) < 4.78 is 16.8. The van der Waals surface area contributed by atoms with Gasteiger partial charge in [0.15, 0.2) is 0 Å². The van der Waals surface area contributed by atoms with Gasteiger partial charge in [0.25, 0.3) is 0 Å². The van der Waals surface area contributed by atoms with Crippen molar-refractivity contribution >= 4 is 18.3 Å². The van der Waals surface area contributed by atoms with Crippen molar-refractivity contribution in [3.63, 3.8) is 0 Å². The second kappa shape index (κ2) is 9.35. The summed E-state index contributed by atoms with van der Waals surface area (Å²) in [4.78, 5) is 0. The summed E-state index contributed by atoms with van der Waals surface area (Å²) in [6, 6.07) is 1.38. The summed E-state index contributed by atoms with van der Waals surface area (Å²) in [5, 5.41) is 0.587. The van der Waals surface area contributed by atoms with Crippen molar-refractivity contribution < 1.29 is 13.3 Å². The zero-order valence-electron chi connectivity index (χ0n) is 11.5. The standard InChI is InChI=1S/C11H28O3Si2/c1-6-8-10-15-11(9-7-2)16(12-3,13-4)14-5/h11H,6-10,15H2,1-5H3. The monoisotopic (exact) mass is 264 g/mol. The molecule has 3 nitrogen and oxygen atoms in total. The summed E-state index contributed by atoms with van der Waals surface area (Å²) in [5.41, 5.74) is 0. The maximum atomic E-state index is 5.61. The first kappa shape index (κ1) is 16.3. The first-order chi connectivity index (χ1) is 7.70. The van der Waals surface area contributed by atoms with E-state index in [0.29, 0.717) is 5.16 Å². The van der Waals surface area contributed by atoms with Gasteiger partial charge < -0.3 is 13.3 Å². The van der Waals surface area contributed by atoms with E-state index in [1.165, 1.54) is 31.7 Å². The molecule has 0 rings (SSSR count). The third kappa shape index (κ3) is 4.67. The maximum absolute atomic E-state index is 5.61. The fraction of sp³-hybridized carbons (Fsp3) is 1.00. The molecule has 0 aromatic rings. The molecule has 16 heavy (non-hydrogen) atoms. The molecule has 5 heteroatoms. The first-order valence-corrected chi connectivity index (χ1v) is 9.98. The number of hydrogen-bond donors (Lipinski definition) is 0. The van der Waals surface area contributed by atoms with Gasteiger partial charge in [-0.05, 0) is 6.42 Å². The van der Waals surface area contributed by atoms with Crippen LogP contribution in [0.15, 0.2) is 0 Å². The lowest BCUT2D eigenvalue weighted by molar-refractivity contribution is 0.118. The van der Waals surface area contributed by atoms with E-state index >= 15 is 0 Å². The van der Waals surface area contributed by atoms with Gasteiger partial charge in [-0.15, -0.1) is 0 Å². The molecule has 0 aromatic heterocycles. The third-order valence-corrected chi connectivity index (χ3v) is 10.5. The Morgan fingerprint density at radius 2 is 1.56 bits per heavy atom. The van der Waals surface area contributed by atoms with Crippen molar-refractivity contribution in [3.8, 4) is 0 Å². The minimum absolute atomic E-state index is 0.147. The number of rotatable bonds is 10. The normalized spacial score (nSPS) is 14.8. The van der Waals surface area contributed by atoms with Crippen LogP contribution < -0.4 is 0 Å². The lowest BCUT2D eigenvalue weighted by atomic mass is 10.4. The predicted octanol–water partition coefficient (Wildman–Crippen LogP) is 2.38. The van der Waals surface area contributed by atoms with Gasteiger partial charge in [0.2, 0.25) is 0 Å². The fourth-order valence-electron chi connectivity index (χ4n) is 2.24. The van der Waals surface area contributed by atoms with Gasteiger partial charge in [-0.2, -0.15) is 0 Å². The van der Waals surface area contributed by atoms with Gasteiger partial charge in [0, 0.05) is 36.0 Å².